The van der Waals surface area contributed by atoms with Gasteiger partial charge in [0, 0.05) is 48.7 Å². The molecule has 3 rings (SSSR count). The monoisotopic (exact) mass is 557 g/mol. The van der Waals surface area contributed by atoms with Crippen LogP contribution in [-0.2, 0) is 22.6 Å². The largest absolute Gasteiger partial charge is 0.383 e. The first-order valence-corrected chi connectivity index (χ1v) is 12.9. The van der Waals surface area contributed by atoms with E-state index < -0.39 is 11.7 Å². The van der Waals surface area contributed by atoms with E-state index in [9.17, 15) is 14.0 Å². The van der Waals surface area contributed by atoms with Crippen LogP contribution >= 0.6 is 15.9 Å². The third kappa shape index (κ3) is 8.03. The number of hydrogen-bond acceptors (Lipinski definition) is 3. The van der Waals surface area contributed by atoms with Gasteiger partial charge in [-0.15, -0.1) is 0 Å². The number of carbonyl (C=O) groups excluding carboxylic acids is 2. The van der Waals surface area contributed by atoms with Crippen molar-refractivity contribution in [2.75, 3.05) is 33.4 Å². The lowest BCUT2D eigenvalue weighted by Gasteiger charge is -2.28. The van der Waals surface area contributed by atoms with Crippen molar-refractivity contribution in [2.45, 2.75) is 32.9 Å². The number of rotatable bonds is 13. The number of ether oxygens (including phenoxy) is 1. The van der Waals surface area contributed by atoms with Crippen LogP contribution < -0.4 is 0 Å². The predicted molar refractivity (Wildman–Crippen MR) is 142 cm³/mol. The summed E-state index contributed by atoms with van der Waals surface area (Å²) >= 11 is 3.47. The molecular formula is C28H33BrFN3O3. The van der Waals surface area contributed by atoms with Crippen LogP contribution in [0.1, 0.15) is 41.4 Å². The van der Waals surface area contributed by atoms with E-state index in [0.717, 1.165) is 28.6 Å². The molecule has 0 saturated carbocycles. The second-order valence-corrected chi connectivity index (χ2v) is 9.57. The van der Waals surface area contributed by atoms with Gasteiger partial charge in [-0.1, -0.05) is 47.5 Å². The summed E-state index contributed by atoms with van der Waals surface area (Å²) < 4.78 is 22.0. The summed E-state index contributed by atoms with van der Waals surface area (Å²) in [4.78, 5) is 29.8. The first-order chi connectivity index (χ1) is 17.4. The minimum atomic E-state index is -0.491. The first-order valence-electron chi connectivity index (χ1n) is 12.1. The first kappa shape index (κ1) is 27.6. The maximum absolute atomic E-state index is 13.7. The van der Waals surface area contributed by atoms with E-state index in [2.05, 4.69) is 39.6 Å². The molecule has 0 aliphatic heterocycles. The Morgan fingerprint density at radius 1 is 1.03 bits per heavy atom. The second kappa shape index (κ2) is 13.9. The van der Waals surface area contributed by atoms with Crippen molar-refractivity contribution in [1.29, 1.82) is 0 Å². The fraction of sp³-hybridized carbons (Fsp3) is 0.357. The Labute approximate surface area is 220 Å². The van der Waals surface area contributed by atoms with Gasteiger partial charge in [-0.2, -0.15) is 0 Å². The zero-order valence-electron chi connectivity index (χ0n) is 20.8. The molecule has 6 nitrogen and oxygen atoms in total. The fourth-order valence-corrected chi connectivity index (χ4v) is 4.16. The Balaban J connectivity index is 1.75. The highest BCUT2D eigenvalue weighted by Crippen LogP contribution is 2.15. The molecule has 2 aromatic carbocycles. The highest BCUT2D eigenvalue weighted by Gasteiger charge is 2.23. The molecule has 0 aliphatic rings. The van der Waals surface area contributed by atoms with Crippen LogP contribution in [0, 0.1) is 5.82 Å². The van der Waals surface area contributed by atoms with E-state index in [4.69, 9.17) is 4.74 Å². The number of amides is 2. The summed E-state index contributed by atoms with van der Waals surface area (Å²) in [6, 6.07) is 17.7. The van der Waals surface area contributed by atoms with Gasteiger partial charge in [0.25, 0.3) is 5.91 Å². The summed E-state index contributed by atoms with van der Waals surface area (Å²) in [5.74, 6) is -1.04. The van der Waals surface area contributed by atoms with Crippen molar-refractivity contribution in [3.8, 4) is 0 Å². The quantitative estimate of drug-likeness (QED) is 0.284. The molecule has 0 saturated heterocycles. The molecule has 2 amide bonds. The summed E-state index contributed by atoms with van der Waals surface area (Å²) in [5, 5.41) is 0. The average Bonchev–Trinajstić information content (AvgIpc) is 3.31. The summed E-state index contributed by atoms with van der Waals surface area (Å²) in [7, 11) is 1.54. The maximum atomic E-state index is 13.7. The summed E-state index contributed by atoms with van der Waals surface area (Å²) in [6.45, 7) is 4.22. The summed E-state index contributed by atoms with van der Waals surface area (Å²) in [5.41, 5.74) is 2.39. The SMILES string of the molecule is CCCCN(Cc1cccn1Cc1ccc(Br)cc1)C(=O)CN(CCOC)C(=O)c1cccc(F)c1. The molecule has 0 N–H and O–H groups in total. The van der Waals surface area contributed by atoms with E-state index in [-0.39, 0.29) is 31.2 Å². The van der Waals surface area contributed by atoms with Crippen LogP contribution in [0.25, 0.3) is 0 Å². The van der Waals surface area contributed by atoms with Gasteiger partial charge in [-0.3, -0.25) is 9.59 Å². The van der Waals surface area contributed by atoms with E-state index in [1.54, 1.807) is 18.1 Å². The van der Waals surface area contributed by atoms with E-state index >= 15 is 0 Å². The van der Waals surface area contributed by atoms with Crippen molar-refractivity contribution in [3.05, 3.63) is 94.0 Å². The molecule has 0 spiro atoms. The molecule has 0 bridgehead atoms. The molecule has 0 unspecified atom stereocenters. The van der Waals surface area contributed by atoms with Gasteiger partial charge in [0.05, 0.1) is 13.2 Å². The van der Waals surface area contributed by atoms with E-state index in [1.165, 1.54) is 23.1 Å². The number of nitrogens with zero attached hydrogens (tertiary/aromatic N) is 3. The molecule has 0 fully saturated rings. The standard InChI is InChI=1S/C28H33BrFN3O3/c1-3-4-14-32(20-26-9-6-15-31(26)19-22-10-12-24(29)13-11-22)27(34)21-33(16-17-36-2)28(35)23-7-5-8-25(30)18-23/h5-13,15,18H,3-4,14,16-17,19-21H2,1-2H3. The van der Waals surface area contributed by atoms with Crippen LogP contribution in [-0.4, -0.2) is 59.5 Å². The number of aromatic nitrogens is 1. The predicted octanol–water partition coefficient (Wildman–Crippen LogP) is 5.36. The Bertz CT molecular complexity index is 1130. The minimum absolute atomic E-state index is 0.101. The fourth-order valence-electron chi connectivity index (χ4n) is 3.89. The number of methoxy groups -OCH3 is 1. The van der Waals surface area contributed by atoms with Gasteiger partial charge in [0.15, 0.2) is 0 Å². The minimum Gasteiger partial charge on any atom is -0.383 e. The summed E-state index contributed by atoms with van der Waals surface area (Å²) in [6.07, 6.45) is 3.81. The van der Waals surface area contributed by atoms with Crippen LogP contribution in [0.15, 0.2) is 71.3 Å². The third-order valence-electron chi connectivity index (χ3n) is 5.93. The maximum Gasteiger partial charge on any atom is 0.254 e. The topological polar surface area (TPSA) is 54.8 Å². The lowest BCUT2D eigenvalue weighted by Crippen LogP contribution is -2.44. The molecule has 1 heterocycles. The molecule has 8 heteroatoms. The van der Waals surface area contributed by atoms with Crippen LogP contribution in [0.5, 0.6) is 0 Å². The van der Waals surface area contributed by atoms with Crippen molar-refractivity contribution >= 4 is 27.7 Å². The number of benzene rings is 2. The van der Waals surface area contributed by atoms with Gasteiger partial charge >= 0.3 is 0 Å². The molecule has 0 atom stereocenters. The number of unbranched alkanes of at least 4 members (excludes halogenated alkanes) is 1. The van der Waals surface area contributed by atoms with Crippen molar-refractivity contribution in [1.82, 2.24) is 14.4 Å². The van der Waals surface area contributed by atoms with Gasteiger partial charge in [-0.25, -0.2) is 4.39 Å². The van der Waals surface area contributed by atoms with E-state index in [0.29, 0.717) is 19.6 Å². The smallest absolute Gasteiger partial charge is 0.254 e. The Kier molecular flexibility index (Phi) is 10.7. The number of carbonyl (C=O) groups is 2. The molecule has 0 aliphatic carbocycles. The van der Waals surface area contributed by atoms with Crippen molar-refractivity contribution in [2.24, 2.45) is 0 Å². The molecule has 36 heavy (non-hydrogen) atoms. The van der Waals surface area contributed by atoms with Gasteiger partial charge in [0.2, 0.25) is 5.91 Å². The number of hydrogen-bond donors (Lipinski definition) is 0. The highest BCUT2D eigenvalue weighted by molar-refractivity contribution is 9.10. The van der Waals surface area contributed by atoms with Crippen molar-refractivity contribution in [3.63, 3.8) is 0 Å². The molecule has 0 radical (unpaired) electrons. The Morgan fingerprint density at radius 3 is 2.50 bits per heavy atom. The molecular weight excluding hydrogens is 525 g/mol. The van der Waals surface area contributed by atoms with Gasteiger partial charge in [-0.05, 0) is 54.4 Å². The molecule has 192 valence electrons. The third-order valence-corrected chi connectivity index (χ3v) is 6.46. The lowest BCUT2D eigenvalue weighted by atomic mass is 10.2. The van der Waals surface area contributed by atoms with E-state index in [1.807, 2.05) is 30.5 Å². The zero-order valence-corrected chi connectivity index (χ0v) is 22.4. The second-order valence-electron chi connectivity index (χ2n) is 8.65. The van der Waals surface area contributed by atoms with Gasteiger partial charge < -0.3 is 19.1 Å². The van der Waals surface area contributed by atoms with Crippen molar-refractivity contribution < 1.29 is 18.7 Å². The Hall–Kier alpha value is -2.97. The highest BCUT2D eigenvalue weighted by atomic mass is 79.9. The van der Waals surface area contributed by atoms with Crippen LogP contribution in [0.3, 0.4) is 0 Å². The molecule has 3 aromatic rings. The lowest BCUT2D eigenvalue weighted by molar-refractivity contribution is -0.132. The Morgan fingerprint density at radius 2 is 1.81 bits per heavy atom. The van der Waals surface area contributed by atoms with Gasteiger partial charge in [0.1, 0.15) is 12.4 Å². The normalized spacial score (nSPS) is 10.9. The number of halogens is 2. The van der Waals surface area contributed by atoms with Crippen LogP contribution in [0.4, 0.5) is 4.39 Å². The zero-order chi connectivity index (χ0) is 25.9. The molecule has 1 aromatic heterocycles. The average molecular weight is 558 g/mol. The van der Waals surface area contributed by atoms with Crippen LogP contribution in [0.2, 0.25) is 0 Å².